The fourth-order valence-corrected chi connectivity index (χ4v) is 3.13. The highest BCUT2D eigenvalue weighted by molar-refractivity contribution is 7.21. The number of anilines is 1. The van der Waals surface area contributed by atoms with E-state index in [0.29, 0.717) is 11.2 Å². The number of amides is 2. The third-order valence-electron chi connectivity index (χ3n) is 3.00. The standard InChI is InChI=1S/C14H16FN3O2S/c1-3-17-10(19)7-18(2)14(20)13-12(16)11-8(15)5-4-6-9(11)21-13/h4-6H,3,7,16H2,1-2H3,(H,17,19). The fraction of sp³-hybridized carbons (Fsp3) is 0.286. The Hall–Kier alpha value is -2.15. The molecule has 0 unspecified atom stereocenters. The summed E-state index contributed by atoms with van der Waals surface area (Å²) in [7, 11) is 1.51. The molecule has 7 heteroatoms. The number of fused-ring (bicyclic) bond motifs is 1. The van der Waals surface area contributed by atoms with Crippen LogP contribution < -0.4 is 11.1 Å². The summed E-state index contributed by atoms with van der Waals surface area (Å²) in [5, 5.41) is 2.87. The Morgan fingerprint density at radius 1 is 1.43 bits per heavy atom. The molecule has 2 amide bonds. The van der Waals surface area contributed by atoms with E-state index in [0.717, 1.165) is 11.3 Å². The summed E-state index contributed by atoms with van der Waals surface area (Å²) < 4.78 is 14.4. The van der Waals surface area contributed by atoms with Gasteiger partial charge in [-0.1, -0.05) is 6.07 Å². The maximum Gasteiger partial charge on any atom is 0.266 e. The number of hydrogen-bond donors (Lipinski definition) is 2. The van der Waals surface area contributed by atoms with Gasteiger partial charge in [0.05, 0.1) is 17.6 Å². The number of rotatable bonds is 4. The van der Waals surface area contributed by atoms with Crippen LogP contribution in [0.5, 0.6) is 0 Å². The Bertz CT molecular complexity index is 699. The molecule has 0 bridgehead atoms. The summed E-state index contributed by atoms with van der Waals surface area (Å²) >= 11 is 1.13. The second kappa shape index (κ2) is 6.09. The number of nitrogens with two attached hydrogens (primary N) is 1. The number of nitrogens with zero attached hydrogens (tertiary/aromatic N) is 1. The second-order valence-corrected chi connectivity index (χ2v) is 5.62. The molecule has 2 aromatic rings. The van der Waals surface area contributed by atoms with Crippen molar-refractivity contribution < 1.29 is 14.0 Å². The number of nitrogen functional groups attached to an aromatic ring is 1. The van der Waals surface area contributed by atoms with Crippen LogP contribution in [0.4, 0.5) is 10.1 Å². The molecule has 0 saturated heterocycles. The fourth-order valence-electron chi connectivity index (χ4n) is 2.00. The lowest BCUT2D eigenvalue weighted by Gasteiger charge is -2.15. The molecule has 112 valence electrons. The second-order valence-electron chi connectivity index (χ2n) is 4.57. The molecule has 0 aliphatic heterocycles. The van der Waals surface area contributed by atoms with Crippen molar-refractivity contribution in [3.05, 3.63) is 28.9 Å². The van der Waals surface area contributed by atoms with E-state index in [1.807, 2.05) is 0 Å². The van der Waals surface area contributed by atoms with E-state index in [1.54, 1.807) is 19.1 Å². The molecule has 2 rings (SSSR count). The van der Waals surface area contributed by atoms with Crippen LogP contribution in [-0.4, -0.2) is 36.9 Å². The number of carbonyl (C=O) groups is 2. The van der Waals surface area contributed by atoms with E-state index in [-0.39, 0.29) is 34.3 Å². The van der Waals surface area contributed by atoms with Gasteiger partial charge in [0.1, 0.15) is 10.7 Å². The Kier molecular flexibility index (Phi) is 4.42. The predicted molar refractivity (Wildman–Crippen MR) is 81.8 cm³/mol. The first-order valence-electron chi connectivity index (χ1n) is 6.44. The Morgan fingerprint density at radius 2 is 2.14 bits per heavy atom. The summed E-state index contributed by atoms with van der Waals surface area (Å²) in [6, 6.07) is 4.58. The summed E-state index contributed by atoms with van der Waals surface area (Å²) in [5.74, 6) is -1.09. The van der Waals surface area contributed by atoms with Crippen molar-refractivity contribution in [2.75, 3.05) is 25.9 Å². The van der Waals surface area contributed by atoms with Gasteiger partial charge in [-0.05, 0) is 19.1 Å². The minimum absolute atomic E-state index is 0.0666. The lowest BCUT2D eigenvalue weighted by molar-refractivity contribution is -0.121. The Labute approximate surface area is 125 Å². The molecular weight excluding hydrogens is 293 g/mol. The summed E-state index contributed by atoms with van der Waals surface area (Å²) in [6.07, 6.45) is 0. The van der Waals surface area contributed by atoms with Gasteiger partial charge in [-0.3, -0.25) is 9.59 Å². The summed E-state index contributed by atoms with van der Waals surface area (Å²) in [4.78, 5) is 25.4. The van der Waals surface area contributed by atoms with Crippen LogP contribution in [0.2, 0.25) is 0 Å². The van der Waals surface area contributed by atoms with Crippen molar-refractivity contribution in [1.82, 2.24) is 10.2 Å². The molecule has 0 atom stereocenters. The van der Waals surface area contributed by atoms with Gasteiger partial charge in [-0.2, -0.15) is 0 Å². The highest BCUT2D eigenvalue weighted by Gasteiger charge is 2.22. The minimum Gasteiger partial charge on any atom is -0.397 e. The quantitative estimate of drug-likeness (QED) is 0.905. The number of hydrogen-bond acceptors (Lipinski definition) is 4. The summed E-state index contributed by atoms with van der Waals surface area (Å²) in [6.45, 7) is 2.23. The van der Waals surface area contributed by atoms with Gasteiger partial charge < -0.3 is 16.0 Å². The van der Waals surface area contributed by atoms with Gasteiger partial charge in [-0.25, -0.2) is 4.39 Å². The van der Waals surface area contributed by atoms with Gasteiger partial charge in [0.15, 0.2) is 0 Å². The molecular formula is C14H16FN3O2S. The SMILES string of the molecule is CCNC(=O)CN(C)C(=O)c1sc2cccc(F)c2c1N. The Morgan fingerprint density at radius 3 is 2.76 bits per heavy atom. The summed E-state index contributed by atoms with van der Waals surface area (Å²) in [5.41, 5.74) is 6.02. The number of benzene rings is 1. The predicted octanol–water partition coefficient (Wildman–Crippen LogP) is 1.83. The smallest absolute Gasteiger partial charge is 0.266 e. The lowest BCUT2D eigenvalue weighted by Crippen LogP contribution is -2.38. The van der Waals surface area contributed by atoms with Gasteiger partial charge in [0.25, 0.3) is 5.91 Å². The average Bonchev–Trinajstić information content (AvgIpc) is 2.76. The maximum absolute atomic E-state index is 13.8. The van der Waals surface area contributed by atoms with E-state index >= 15 is 0 Å². The zero-order chi connectivity index (χ0) is 15.6. The molecule has 0 aliphatic rings. The monoisotopic (exact) mass is 309 g/mol. The van der Waals surface area contributed by atoms with E-state index in [4.69, 9.17) is 5.73 Å². The highest BCUT2D eigenvalue weighted by Crippen LogP contribution is 2.35. The first-order chi connectivity index (χ1) is 9.95. The number of halogens is 1. The first-order valence-corrected chi connectivity index (χ1v) is 7.26. The van der Waals surface area contributed by atoms with Crippen LogP contribution in [0.25, 0.3) is 10.1 Å². The molecule has 1 aromatic heterocycles. The van der Waals surface area contributed by atoms with Gasteiger partial charge in [-0.15, -0.1) is 11.3 Å². The number of thiophene rings is 1. The van der Waals surface area contributed by atoms with Crippen molar-refractivity contribution in [1.29, 1.82) is 0 Å². The van der Waals surface area contributed by atoms with Gasteiger partial charge in [0, 0.05) is 18.3 Å². The van der Waals surface area contributed by atoms with E-state index in [2.05, 4.69) is 5.32 Å². The van der Waals surface area contributed by atoms with Crippen molar-refractivity contribution in [3.8, 4) is 0 Å². The zero-order valence-corrected chi connectivity index (χ0v) is 12.6. The van der Waals surface area contributed by atoms with Crippen molar-refractivity contribution in [2.24, 2.45) is 0 Å². The molecule has 3 N–H and O–H groups in total. The third-order valence-corrected chi connectivity index (χ3v) is 4.16. The Balaban J connectivity index is 2.29. The zero-order valence-electron chi connectivity index (χ0n) is 11.8. The van der Waals surface area contributed by atoms with Crippen molar-refractivity contribution in [3.63, 3.8) is 0 Å². The molecule has 0 radical (unpaired) electrons. The van der Waals surface area contributed by atoms with Crippen LogP contribution in [-0.2, 0) is 4.79 Å². The molecule has 21 heavy (non-hydrogen) atoms. The largest absolute Gasteiger partial charge is 0.397 e. The van der Waals surface area contributed by atoms with Crippen LogP contribution in [0.15, 0.2) is 18.2 Å². The van der Waals surface area contributed by atoms with Gasteiger partial charge >= 0.3 is 0 Å². The molecule has 1 heterocycles. The molecule has 0 spiro atoms. The molecule has 5 nitrogen and oxygen atoms in total. The highest BCUT2D eigenvalue weighted by atomic mass is 32.1. The van der Waals surface area contributed by atoms with Crippen LogP contribution in [0.3, 0.4) is 0 Å². The molecule has 0 fully saturated rings. The number of carbonyl (C=O) groups excluding carboxylic acids is 2. The molecule has 1 aromatic carbocycles. The third kappa shape index (κ3) is 2.97. The normalized spacial score (nSPS) is 10.6. The first kappa shape index (κ1) is 15.2. The van der Waals surface area contributed by atoms with Crippen molar-refractivity contribution >= 4 is 38.9 Å². The number of nitrogens with one attached hydrogen (secondary N) is 1. The van der Waals surface area contributed by atoms with Crippen LogP contribution in [0, 0.1) is 5.82 Å². The lowest BCUT2D eigenvalue weighted by atomic mass is 10.2. The van der Waals surface area contributed by atoms with Crippen LogP contribution >= 0.6 is 11.3 Å². The van der Waals surface area contributed by atoms with Gasteiger partial charge in [0.2, 0.25) is 5.91 Å². The van der Waals surface area contributed by atoms with E-state index in [9.17, 15) is 14.0 Å². The molecule has 0 aliphatic carbocycles. The van der Waals surface area contributed by atoms with Crippen LogP contribution in [0.1, 0.15) is 16.6 Å². The minimum atomic E-state index is -0.452. The maximum atomic E-state index is 13.8. The van der Waals surface area contributed by atoms with E-state index in [1.165, 1.54) is 18.0 Å². The van der Waals surface area contributed by atoms with E-state index < -0.39 is 5.82 Å². The topological polar surface area (TPSA) is 75.4 Å². The van der Waals surface area contributed by atoms with Crippen molar-refractivity contribution in [2.45, 2.75) is 6.92 Å². The average molecular weight is 309 g/mol. The molecule has 0 saturated carbocycles. The number of likely N-dealkylation sites (N-methyl/N-ethyl adjacent to an activating group) is 2.